The van der Waals surface area contributed by atoms with E-state index >= 15 is 0 Å². The van der Waals surface area contributed by atoms with E-state index in [2.05, 4.69) is 110 Å². The van der Waals surface area contributed by atoms with Crippen LogP contribution in [0.15, 0.2) is 120 Å². The first-order chi connectivity index (χ1) is 15.8. The largest absolute Gasteiger partial charge is 0.456 e. The highest BCUT2D eigenvalue weighted by molar-refractivity contribution is 6.13. The lowest BCUT2D eigenvalue weighted by molar-refractivity contribution is 0.666. The molecule has 0 aliphatic heterocycles. The minimum absolute atomic E-state index is 0.931. The molecule has 0 atom stereocenters. The number of hydrogen-bond acceptors (Lipinski definition) is 1. The van der Waals surface area contributed by atoms with Crippen LogP contribution in [0.1, 0.15) is 5.56 Å². The first kappa shape index (κ1) is 18.7. The summed E-state index contributed by atoms with van der Waals surface area (Å²) in [4.78, 5) is 0. The van der Waals surface area contributed by atoms with Crippen LogP contribution in [-0.4, -0.2) is 0 Å². The van der Waals surface area contributed by atoms with Gasteiger partial charge in [-0.05, 0) is 70.1 Å². The Hall–Kier alpha value is -4.10. The Kier molecular flexibility index (Phi) is 4.40. The van der Waals surface area contributed by atoms with Gasteiger partial charge in [0.15, 0.2) is 0 Å². The molecule has 0 aliphatic carbocycles. The Balaban J connectivity index is 1.67. The fraction of sp³-hybridized carbons (Fsp3) is 0.0323. The highest BCUT2D eigenvalue weighted by atomic mass is 16.3. The van der Waals surface area contributed by atoms with Crippen LogP contribution in [0, 0.1) is 6.92 Å². The molecule has 0 radical (unpaired) electrons. The second-order valence-corrected chi connectivity index (χ2v) is 8.26. The van der Waals surface area contributed by atoms with Crippen molar-refractivity contribution < 1.29 is 4.42 Å². The van der Waals surface area contributed by atoms with Gasteiger partial charge in [0.25, 0.3) is 0 Å². The van der Waals surface area contributed by atoms with Gasteiger partial charge in [-0.2, -0.15) is 0 Å². The Bertz CT molecular complexity index is 1500. The van der Waals surface area contributed by atoms with E-state index in [0.717, 1.165) is 22.1 Å². The van der Waals surface area contributed by atoms with Crippen LogP contribution in [0.4, 0.5) is 0 Å². The predicted molar refractivity (Wildman–Crippen MR) is 135 cm³/mol. The molecule has 1 heterocycles. The van der Waals surface area contributed by atoms with Gasteiger partial charge in [0.05, 0.1) is 0 Å². The molecule has 0 aliphatic rings. The van der Waals surface area contributed by atoms with Gasteiger partial charge in [0.2, 0.25) is 0 Å². The normalized spacial score (nSPS) is 11.3. The van der Waals surface area contributed by atoms with E-state index in [1.54, 1.807) is 0 Å². The molecule has 32 heavy (non-hydrogen) atoms. The number of hydrogen-bond donors (Lipinski definition) is 0. The summed E-state index contributed by atoms with van der Waals surface area (Å²) in [5.41, 5.74) is 10.3. The van der Waals surface area contributed by atoms with Crippen molar-refractivity contribution in [2.24, 2.45) is 0 Å². The SMILES string of the molecule is Cc1ccc(-c2cc(-c3ccccc3)cc(-c3ccccc3)c2)c2c1oc1ccccc12. The lowest BCUT2D eigenvalue weighted by Crippen LogP contribution is -1.87. The Morgan fingerprint density at radius 2 is 1.06 bits per heavy atom. The van der Waals surface area contributed by atoms with Gasteiger partial charge in [-0.15, -0.1) is 0 Å². The fourth-order valence-electron chi connectivity index (χ4n) is 4.58. The van der Waals surface area contributed by atoms with Crippen LogP contribution in [0.5, 0.6) is 0 Å². The third-order valence-electron chi connectivity index (χ3n) is 6.18. The molecule has 1 aromatic heterocycles. The van der Waals surface area contributed by atoms with E-state index in [4.69, 9.17) is 4.42 Å². The molecule has 0 saturated carbocycles. The van der Waals surface area contributed by atoms with E-state index in [-0.39, 0.29) is 0 Å². The molecule has 1 nitrogen and oxygen atoms in total. The molecule has 0 amide bonds. The summed E-state index contributed by atoms with van der Waals surface area (Å²) in [5.74, 6) is 0. The number of fused-ring (bicyclic) bond motifs is 3. The standard InChI is InChI=1S/C31H22O/c1-21-16-17-27(30-28-14-8-9-15-29(28)32-31(21)30)26-19-24(22-10-4-2-5-11-22)18-25(20-26)23-12-6-3-7-13-23/h2-20H,1H3. The molecule has 0 fully saturated rings. The zero-order valence-electron chi connectivity index (χ0n) is 17.9. The minimum atomic E-state index is 0.931. The van der Waals surface area contributed by atoms with Crippen molar-refractivity contribution >= 4 is 21.9 Å². The van der Waals surface area contributed by atoms with Crippen molar-refractivity contribution in [2.45, 2.75) is 6.92 Å². The van der Waals surface area contributed by atoms with E-state index in [1.807, 2.05) is 12.1 Å². The average molecular weight is 411 g/mol. The first-order valence-electron chi connectivity index (χ1n) is 10.9. The van der Waals surface area contributed by atoms with Crippen LogP contribution in [0.3, 0.4) is 0 Å². The summed E-state index contributed by atoms with van der Waals surface area (Å²) in [5, 5.41) is 2.34. The highest BCUT2D eigenvalue weighted by Crippen LogP contribution is 2.40. The van der Waals surface area contributed by atoms with Gasteiger partial charge >= 0.3 is 0 Å². The molecular weight excluding hydrogens is 388 g/mol. The van der Waals surface area contributed by atoms with E-state index in [9.17, 15) is 0 Å². The molecule has 5 aromatic carbocycles. The molecule has 6 rings (SSSR count). The van der Waals surface area contributed by atoms with Gasteiger partial charge < -0.3 is 4.42 Å². The third-order valence-corrected chi connectivity index (χ3v) is 6.18. The maximum Gasteiger partial charge on any atom is 0.138 e. The van der Waals surface area contributed by atoms with Crippen molar-refractivity contribution in [1.82, 2.24) is 0 Å². The molecule has 0 bridgehead atoms. The van der Waals surface area contributed by atoms with Crippen LogP contribution in [0.25, 0.3) is 55.3 Å². The maximum absolute atomic E-state index is 6.28. The van der Waals surface area contributed by atoms with Crippen molar-refractivity contribution in [3.05, 3.63) is 121 Å². The summed E-state index contributed by atoms with van der Waals surface area (Å²) in [7, 11) is 0. The van der Waals surface area contributed by atoms with Crippen LogP contribution in [-0.2, 0) is 0 Å². The number of rotatable bonds is 3. The Labute approximate surface area is 187 Å². The summed E-state index contributed by atoms with van der Waals surface area (Å²) in [6, 6.07) is 40.8. The quantitative estimate of drug-likeness (QED) is 0.284. The molecule has 6 aromatic rings. The van der Waals surface area contributed by atoms with E-state index in [1.165, 1.54) is 38.8 Å². The predicted octanol–water partition coefficient (Wildman–Crippen LogP) is 8.90. The molecule has 152 valence electrons. The van der Waals surface area contributed by atoms with E-state index in [0.29, 0.717) is 0 Å². The van der Waals surface area contributed by atoms with Gasteiger partial charge in [-0.25, -0.2) is 0 Å². The lowest BCUT2D eigenvalue weighted by atomic mass is 9.91. The molecule has 0 saturated heterocycles. The maximum atomic E-state index is 6.28. The summed E-state index contributed by atoms with van der Waals surface area (Å²) in [6.07, 6.45) is 0. The summed E-state index contributed by atoms with van der Waals surface area (Å²) < 4.78 is 6.28. The van der Waals surface area contributed by atoms with E-state index < -0.39 is 0 Å². The lowest BCUT2D eigenvalue weighted by Gasteiger charge is -2.12. The smallest absolute Gasteiger partial charge is 0.138 e. The molecule has 1 heteroatoms. The number of para-hydroxylation sites is 1. The zero-order valence-corrected chi connectivity index (χ0v) is 17.9. The third kappa shape index (κ3) is 3.11. The van der Waals surface area contributed by atoms with Gasteiger partial charge in [0, 0.05) is 10.8 Å². The minimum Gasteiger partial charge on any atom is -0.456 e. The second-order valence-electron chi connectivity index (χ2n) is 8.26. The highest BCUT2D eigenvalue weighted by Gasteiger charge is 2.16. The number of furan rings is 1. The molecule has 0 spiro atoms. The average Bonchev–Trinajstić information content (AvgIpc) is 3.26. The molecule has 0 unspecified atom stereocenters. The van der Waals surface area contributed by atoms with Crippen LogP contribution in [0.2, 0.25) is 0 Å². The van der Waals surface area contributed by atoms with Crippen molar-refractivity contribution in [1.29, 1.82) is 0 Å². The zero-order chi connectivity index (χ0) is 21.5. The summed E-state index contributed by atoms with van der Waals surface area (Å²) in [6.45, 7) is 2.12. The first-order valence-corrected chi connectivity index (χ1v) is 10.9. The van der Waals surface area contributed by atoms with Crippen molar-refractivity contribution in [3.63, 3.8) is 0 Å². The van der Waals surface area contributed by atoms with Gasteiger partial charge in [-0.1, -0.05) is 91.0 Å². The van der Waals surface area contributed by atoms with Crippen LogP contribution >= 0.6 is 0 Å². The summed E-state index contributed by atoms with van der Waals surface area (Å²) >= 11 is 0. The van der Waals surface area contributed by atoms with Gasteiger partial charge in [-0.3, -0.25) is 0 Å². The van der Waals surface area contributed by atoms with Crippen LogP contribution < -0.4 is 0 Å². The van der Waals surface area contributed by atoms with Gasteiger partial charge in [0.1, 0.15) is 11.2 Å². The Morgan fingerprint density at radius 1 is 0.500 bits per heavy atom. The van der Waals surface area contributed by atoms with Crippen molar-refractivity contribution in [2.75, 3.05) is 0 Å². The number of benzene rings is 5. The number of aryl methyl sites for hydroxylation is 1. The van der Waals surface area contributed by atoms with Crippen molar-refractivity contribution in [3.8, 4) is 33.4 Å². The Morgan fingerprint density at radius 3 is 1.72 bits per heavy atom. The second kappa shape index (κ2) is 7.55. The molecule has 0 N–H and O–H groups in total. The topological polar surface area (TPSA) is 13.1 Å². The monoisotopic (exact) mass is 410 g/mol. The fourth-order valence-corrected chi connectivity index (χ4v) is 4.58. The molecular formula is C31H22O.